The number of nitrogens with zero attached hydrogens (tertiary/aromatic N) is 1. The molecule has 1 aliphatic rings. The summed E-state index contributed by atoms with van der Waals surface area (Å²) in [5.41, 5.74) is 7.37. The molecular formula is C22H15BrN2O4. The van der Waals surface area contributed by atoms with Gasteiger partial charge in [-0.1, -0.05) is 22.0 Å². The highest BCUT2D eigenvalue weighted by Gasteiger charge is 2.33. The second-order valence-electron chi connectivity index (χ2n) is 6.47. The van der Waals surface area contributed by atoms with Crippen molar-refractivity contribution in [1.29, 1.82) is 5.26 Å². The number of furan rings is 1. The summed E-state index contributed by atoms with van der Waals surface area (Å²) in [6.45, 7) is 1.83. The van der Waals surface area contributed by atoms with Gasteiger partial charge in [-0.05, 0) is 49.4 Å². The molecule has 0 aliphatic carbocycles. The van der Waals surface area contributed by atoms with Crippen LogP contribution in [0.5, 0.6) is 11.5 Å². The van der Waals surface area contributed by atoms with E-state index in [-0.39, 0.29) is 11.5 Å². The second kappa shape index (κ2) is 7.49. The first kappa shape index (κ1) is 18.8. The number of rotatable bonds is 3. The predicted octanol–water partition coefficient (Wildman–Crippen LogP) is 4.79. The number of aryl methyl sites for hydroxylation is 1. The Kier molecular flexibility index (Phi) is 4.87. The summed E-state index contributed by atoms with van der Waals surface area (Å²) < 4.78 is 17.7. The number of hydrogen-bond acceptors (Lipinski definition) is 6. The topological polar surface area (TPSA) is 98.5 Å². The number of ether oxygens (including phenoxy) is 2. The van der Waals surface area contributed by atoms with Gasteiger partial charge >= 0.3 is 5.97 Å². The highest BCUT2D eigenvalue weighted by atomic mass is 79.9. The van der Waals surface area contributed by atoms with Crippen LogP contribution in [0.4, 0.5) is 0 Å². The Balaban J connectivity index is 1.67. The van der Waals surface area contributed by atoms with Crippen molar-refractivity contribution < 1.29 is 18.7 Å². The number of allylic oxidation sites excluding steroid dienone is 1. The Hall–Kier alpha value is -3.50. The van der Waals surface area contributed by atoms with E-state index in [2.05, 4.69) is 22.0 Å². The maximum atomic E-state index is 12.4. The molecule has 7 heteroatoms. The molecule has 6 nitrogen and oxygen atoms in total. The third kappa shape index (κ3) is 3.62. The van der Waals surface area contributed by atoms with Crippen molar-refractivity contribution >= 4 is 21.9 Å². The number of halogens is 1. The normalized spacial score (nSPS) is 15.3. The minimum Gasteiger partial charge on any atom is -0.465 e. The van der Waals surface area contributed by atoms with E-state index in [0.717, 1.165) is 10.2 Å². The van der Waals surface area contributed by atoms with Crippen molar-refractivity contribution in [1.82, 2.24) is 0 Å². The molecule has 0 radical (unpaired) electrons. The third-order valence-electron chi connectivity index (χ3n) is 4.53. The lowest BCUT2D eigenvalue weighted by molar-refractivity contribution is 0.0734. The molecule has 4 rings (SSSR count). The number of nitriles is 1. The summed E-state index contributed by atoms with van der Waals surface area (Å²) in [6.07, 6.45) is 0. The zero-order valence-corrected chi connectivity index (χ0v) is 16.9. The van der Waals surface area contributed by atoms with Gasteiger partial charge in [0, 0.05) is 16.1 Å². The van der Waals surface area contributed by atoms with Crippen LogP contribution in [-0.2, 0) is 0 Å². The van der Waals surface area contributed by atoms with Gasteiger partial charge in [0.1, 0.15) is 34.7 Å². The lowest BCUT2D eigenvalue weighted by atomic mass is 9.87. The quantitative estimate of drug-likeness (QED) is 0.454. The van der Waals surface area contributed by atoms with E-state index in [9.17, 15) is 10.1 Å². The van der Waals surface area contributed by atoms with Crippen molar-refractivity contribution in [3.63, 3.8) is 0 Å². The summed E-state index contributed by atoms with van der Waals surface area (Å²) in [6, 6.07) is 17.6. The van der Waals surface area contributed by atoms with Crippen LogP contribution >= 0.6 is 15.9 Å². The van der Waals surface area contributed by atoms with E-state index in [0.29, 0.717) is 28.4 Å². The molecule has 0 fully saturated rings. The minimum absolute atomic E-state index is 0.00422. The monoisotopic (exact) mass is 450 g/mol. The average Bonchev–Trinajstić information content (AvgIpc) is 3.13. The van der Waals surface area contributed by atoms with Gasteiger partial charge in [-0.3, -0.25) is 0 Å². The van der Waals surface area contributed by atoms with Crippen LogP contribution in [0.3, 0.4) is 0 Å². The van der Waals surface area contributed by atoms with Gasteiger partial charge in [0.25, 0.3) is 0 Å². The van der Waals surface area contributed by atoms with Crippen LogP contribution in [0.15, 0.2) is 74.9 Å². The smallest absolute Gasteiger partial charge is 0.343 e. The third-order valence-corrected chi connectivity index (χ3v) is 5.06. The molecule has 0 amide bonds. The number of fused-ring (bicyclic) bond motifs is 1. The molecule has 1 atom stereocenters. The lowest BCUT2D eigenvalue weighted by Crippen LogP contribution is -2.21. The van der Waals surface area contributed by atoms with Crippen molar-refractivity contribution in [2.45, 2.75) is 12.8 Å². The molecule has 3 aromatic rings. The molecule has 2 heterocycles. The molecule has 0 saturated carbocycles. The van der Waals surface area contributed by atoms with Crippen LogP contribution in [0.1, 0.15) is 33.4 Å². The molecule has 144 valence electrons. The van der Waals surface area contributed by atoms with Crippen LogP contribution in [0.25, 0.3) is 0 Å². The summed E-state index contributed by atoms with van der Waals surface area (Å²) >= 11 is 3.33. The van der Waals surface area contributed by atoms with Gasteiger partial charge < -0.3 is 19.6 Å². The van der Waals surface area contributed by atoms with E-state index in [1.165, 1.54) is 0 Å². The van der Waals surface area contributed by atoms with Gasteiger partial charge in [0.2, 0.25) is 5.88 Å². The van der Waals surface area contributed by atoms with Gasteiger partial charge in [-0.2, -0.15) is 5.26 Å². The molecule has 0 spiro atoms. The van der Waals surface area contributed by atoms with E-state index < -0.39 is 11.9 Å². The van der Waals surface area contributed by atoms with Crippen molar-refractivity contribution in [2.75, 3.05) is 0 Å². The van der Waals surface area contributed by atoms with Crippen molar-refractivity contribution in [2.24, 2.45) is 5.73 Å². The number of benzene rings is 2. The summed E-state index contributed by atoms with van der Waals surface area (Å²) in [5, 5.41) is 9.56. The molecule has 0 bridgehead atoms. The fourth-order valence-corrected chi connectivity index (χ4v) is 3.42. The summed E-state index contributed by atoms with van der Waals surface area (Å²) in [5.74, 6) is 1.04. The zero-order valence-electron chi connectivity index (χ0n) is 15.3. The van der Waals surface area contributed by atoms with E-state index in [1.807, 2.05) is 13.0 Å². The van der Waals surface area contributed by atoms with Crippen LogP contribution in [0.2, 0.25) is 0 Å². The molecule has 0 saturated heterocycles. The van der Waals surface area contributed by atoms with Gasteiger partial charge in [0.05, 0.1) is 11.5 Å². The molecule has 1 unspecified atom stereocenters. The van der Waals surface area contributed by atoms with E-state index in [1.54, 1.807) is 48.5 Å². The number of carbonyl (C=O) groups is 1. The lowest BCUT2D eigenvalue weighted by Gasteiger charge is -2.25. The molecular weight excluding hydrogens is 436 g/mol. The highest BCUT2D eigenvalue weighted by Crippen LogP contribution is 2.43. The Morgan fingerprint density at radius 3 is 2.59 bits per heavy atom. The van der Waals surface area contributed by atoms with Crippen LogP contribution in [0, 0.1) is 18.3 Å². The predicted molar refractivity (Wildman–Crippen MR) is 108 cm³/mol. The first-order chi connectivity index (χ1) is 14.0. The van der Waals surface area contributed by atoms with Crippen LogP contribution in [-0.4, -0.2) is 5.97 Å². The Labute approximate surface area is 175 Å². The maximum absolute atomic E-state index is 12.4. The maximum Gasteiger partial charge on any atom is 0.343 e. The molecule has 2 aromatic carbocycles. The number of carbonyl (C=O) groups excluding carboxylic acids is 1. The zero-order chi connectivity index (χ0) is 20.5. The highest BCUT2D eigenvalue weighted by molar-refractivity contribution is 9.10. The first-order valence-corrected chi connectivity index (χ1v) is 9.51. The van der Waals surface area contributed by atoms with Crippen molar-refractivity contribution in [3.05, 3.63) is 93.2 Å². The van der Waals surface area contributed by atoms with Crippen molar-refractivity contribution in [3.8, 4) is 17.6 Å². The number of esters is 1. The van der Waals surface area contributed by atoms with Gasteiger partial charge in [-0.15, -0.1) is 0 Å². The summed E-state index contributed by atoms with van der Waals surface area (Å²) in [7, 11) is 0. The van der Waals surface area contributed by atoms with Crippen LogP contribution < -0.4 is 15.2 Å². The Morgan fingerprint density at radius 1 is 1.17 bits per heavy atom. The largest absolute Gasteiger partial charge is 0.465 e. The standard InChI is InChI=1S/C22H15BrN2O4/c1-12-2-9-18(27-12)20-16-8-7-15(10-19(16)29-21(25)17(20)11-24)28-22(26)13-3-5-14(23)6-4-13/h2-10,20H,25H2,1H3. The summed E-state index contributed by atoms with van der Waals surface area (Å²) in [4.78, 5) is 12.4. The fraction of sp³-hybridized carbons (Fsp3) is 0.0909. The van der Waals surface area contributed by atoms with E-state index >= 15 is 0 Å². The average molecular weight is 451 g/mol. The second-order valence-corrected chi connectivity index (χ2v) is 7.38. The minimum atomic E-state index is -0.493. The SMILES string of the molecule is Cc1ccc(C2C(C#N)=C(N)Oc3cc(OC(=O)c4ccc(Br)cc4)ccc32)o1. The van der Waals surface area contributed by atoms with Gasteiger partial charge in [-0.25, -0.2) is 4.79 Å². The molecule has 29 heavy (non-hydrogen) atoms. The molecule has 1 aromatic heterocycles. The molecule has 2 N–H and O–H groups in total. The Bertz CT molecular complexity index is 1170. The molecule has 1 aliphatic heterocycles. The number of hydrogen-bond donors (Lipinski definition) is 1. The number of nitrogens with two attached hydrogens (primary N) is 1. The fourth-order valence-electron chi connectivity index (χ4n) is 3.15. The first-order valence-electron chi connectivity index (χ1n) is 8.72. The van der Waals surface area contributed by atoms with E-state index in [4.69, 9.17) is 19.6 Å². The Morgan fingerprint density at radius 2 is 1.93 bits per heavy atom. The van der Waals surface area contributed by atoms with Gasteiger partial charge in [0.15, 0.2) is 0 Å².